The minimum Gasteiger partial charge on any atom is -0.460 e. The van der Waals surface area contributed by atoms with Crippen molar-refractivity contribution in [3.05, 3.63) is 58.2 Å². The van der Waals surface area contributed by atoms with Gasteiger partial charge in [0.15, 0.2) is 5.76 Å². The number of amides is 1. The molecule has 0 unspecified atom stereocenters. The molecule has 1 aliphatic rings. The van der Waals surface area contributed by atoms with Crippen LogP contribution in [-0.2, 0) is 20.9 Å². The maximum absolute atomic E-state index is 12.8. The molecular formula is C22H20BrNO7. The van der Waals surface area contributed by atoms with Gasteiger partial charge in [-0.2, -0.15) is 0 Å². The Hall–Kier alpha value is -3.07. The molecule has 1 atom stereocenters. The van der Waals surface area contributed by atoms with Crippen LogP contribution < -0.4 is 0 Å². The van der Waals surface area contributed by atoms with Gasteiger partial charge in [0, 0.05) is 16.4 Å². The van der Waals surface area contributed by atoms with Crippen molar-refractivity contribution in [2.75, 3.05) is 13.2 Å². The third-order valence-corrected chi connectivity index (χ3v) is 5.58. The predicted octanol–water partition coefficient (Wildman–Crippen LogP) is 4.31. The number of carbonyl (C=O) groups is 3. The molecule has 1 amide bonds. The van der Waals surface area contributed by atoms with E-state index in [1.807, 2.05) is 0 Å². The summed E-state index contributed by atoms with van der Waals surface area (Å²) in [6, 6.07) is 7.75. The zero-order chi connectivity index (χ0) is 22.0. The van der Waals surface area contributed by atoms with Crippen LogP contribution in [0.2, 0.25) is 0 Å². The molecule has 0 radical (unpaired) electrons. The van der Waals surface area contributed by atoms with Crippen LogP contribution in [0, 0.1) is 0 Å². The van der Waals surface area contributed by atoms with Crippen LogP contribution in [0.25, 0.3) is 11.0 Å². The standard InChI is InChI=1S/C22H20BrNO7/c1-2-28-22(27)19-15(14-11-13(23)7-8-17(14)31-19)12-30-21(26)16-5-3-9-24(16)20(25)18-6-4-10-29-18/h4,6-8,10-11,16H,2-3,5,9,12H2,1H3/t16-/m0/s1. The van der Waals surface area contributed by atoms with E-state index in [0.717, 1.165) is 4.47 Å². The number of carbonyl (C=O) groups excluding carboxylic acids is 3. The molecule has 31 heavy (non-hydrogen) atoms. The van der Waals surface area contributed by atoms with Gasteiger partial charge in [0.25, 0.3) is 5.91 Å². The fourth-order valence-electron chi connectivity index (χ4n) is 3.66. The molecule has 1 aliphatic heterocycles. The summed E-state index contributed by atoms with van der Waals surface area (Å²) >= 11 is 3.40. The lowest BCUT2D eigenvalue weighted by molar-refractivity contribution is -0.149. The molecule has 4 rings (SSSR count). The predicted molar refractivity (Wildman–Crippen MR) is 112 cm³/mol. The molecule has 0 aliphatic carbocycles. The molecule has 3 heterocycles. The number of fused-ring (bicyclic) bond motifs is 1. The Morgan fingerprint density at radius 3 is 2.81 bits per heavy atom. The zero-order valence-electron chi connectivity index (χ0n) is 16.8. The Balaban J connectivity index is 1.55. The average Bonchev–Trinajstić information content (AvgIpc) is 3.51. The first-order chi connectivity index (χ1) is 15.0. The summed E-state index contributed by atoms with van der Waals surface area (Å²) in [6.07, 6.45) is 2.59. The molecule has 1 saturated heterocycles. The second-order valence-corrected chi connectivity index (χ2v) is 7.93. The molecule has 2 aromatic heterocycles. The van der Waals surface area contributed by atoms with E-state index in [9.17, 15) is 14.4 Å². The number of hydrogen-bond acceptors (Lipinski definition) is 7. The van der Waals surface area contributed by atoms with E-state index >= 15 is 0 Å². The van der Waals surface area contributed by atoms with Crippen molar-refractivity contribution in [2.24, 2.45) is 0 Å². The van der Waals surface area contributed by atoms with Gasteiger partial charge in [-0.25, -0.2) is 9.59 Å². The normalized spacial score (nSPS) is 15.9. The number of hydrogen-bond donors (Lipinski definition) is 0. The highest BCUT2D eigenvalue weighted by atomic mass is 79.9. The van der Waals surface area contributed by atoms with Crippen molar-refractivity contribution in [1.82, 2.24) is 4.90 Å². The van der Waals surface area contributed by atoms with Crippen molar-refractivity contribution >= 4 is 44.7 Å². The summed E-state index contributed by atoms with van der Waals surface area (Å²) in [4.78, 5) is 39.3. The lowest BCUT2D eigenvalue weighted by Crippen LogP contribution is -2.41. The quantitative estimate of drug-likeness (QED) is 0.475. The topological polar surface area (TPSA) is 99.2 Å². The van der Waals surface area contributed by atoms with Crippen LogP contribution >= 0.6 is 15.9 Å². The summed E-state index contributed by atoms with van der Waals surface area (Å²) in [7, 11) is 0. The molecule has 9 heteroatoms. The summed E-state index contributed by atoms with van der Waals surface area (Å²) in [5.41, 5.74) is 0.901. The third kappa shape index (κ3) is 4.23. The molecule has 3 aromatic rings. The van der Waals surface area contributed by atoms with Gasteiger partial charge in [-0.05, 0) is 50.1 Å². The van der Waals surface area contributed by atoms with Gasteiger partial charge in [0.05, 0.1) is 18.4 Å². The number of likely N-dealkylation sites (tertiary alicyclic amines) is 1. The highest BCUT2D eigenvalue weighted by Gasteiger charge is 2.37. The van der Waals surface area contributed by atoms with Crippen LogP contribution in [-0.4, -0.2) is 41.9 Å². The summed E-state index contributed by atoms with van der Waals surface area (Å²) in [5.74, 6) is -1.35. The number of esters is 2. The highest BCUT2D eigenvalue weighted by Crippen LogP contribution is 2.30. The number of nitrogens with zero attached hydrogens (tertiary/aromatic N) is 1. The number of rotatable bonds is 6. The molecule has 1 fully saturated rings. The summed E-state index contributed by atoms with van der Waals surface area (Å²) in [5, 5.41) is 0.639. The van der Waals surface area contributed by atoms with Crippen LogP contribution in [0.4, 0.5) is 0 Å². The van der Waals surface area contributed by atoms with Gasteiger partial charge in [0.1, 0.15) is 18.2 Å². The second kappa shape index (κ2) is 8.97. The van der Waals surface area contributed by atoms with E-state index in [2.05, 4.69) is 15.9 Å². The minimum absolute atomic E-state index is 0.00214. The van der Waals surface area contributed by atoms with Crippen molar-refractivity contribution in [2.45, 2.75) is 32.4 Å². The maximum Gasteiger partial charge on any atom is 0.374 e. The summed E-state index contributed by atoms with van der Waals surface area (Å²) < 4.78 is 22.2. The van der Waals surface area contributed by atoms with Crippen LogP contribution in [0.1, 0.15) is 46.4 Å². The van der Waals surface area contributed by atoms with Crippen molar-refractivity contribution in [3.8, 4) is 0 Å². The first kappa shape index (κ1) is 21.2. The lowest BCUT2D eigenvalue weighted by Gasteiger charge is -2.22. The summed E-state index contributed by atoms with van der Waals surface area (Å²) in [6.45, 7) is 2.14. The smallest absolute Gasteiger partial charge is 0.374 e. The van der Waals surface area contributed by atoms with E-state index in [1.54, 1.807) is 37.3 Å². The van der Waals surface area contributed by atoms with Crippen LogP contribution in [0.15, 0.2) is 49.9 Å². The number of furan rings is 2. The molecular weight excluding hydrogens is 470 g/mol. The van der Waals surface area contributed by atoms with Gasteiger partial charge in [-0.3, -0.25) is 4.79 Å². The highest BCUT2D eigenvalue weighted by molar-refractivity contribution is 9.10. The zero-order valence-corrected chi connectivity index (χ0v) is 18.3. The van der Waals surface area contributed by atoms with Gasteiger partial charge in [-0.15, -0.1) is 0 Å². The van der Waals surface area contributed by atoms with Crippen LogP contribution in [0.5, 0.6) is 0 Å². The fourth-order valence-corrected chi connectivity index (χ4v) is 4.02. The number of ether oxygens (including phenoxy) is 2. The Morgan fingerprint density at radius 2 is 2.06 bits per heavy atom. The van der Waals surface area contributed by atoms with Gasteiger partial charge in [-0.1, -0.05) is 15.9 Å². The van der Waals surface area contributed by atoms with Gasteiger partial charge in [0.2, 0.25) is 5.76 Å². The number of halogens is 1. The maximum atomic E-state index is 12.8. The lowest BCUT2D eigenvalue weighted by atomic mass is 10.1. The van der Waals surface area contributed by atoms with Crippen molar-refractivity contribution in [1.29, 1.82) is 0 Å². The first-order valence-corrected chi connectivity index (χ1v) is 10.7. The molecule has 8 nitrogen and oxygen atoms in total. The van der Waals surface area contributed by atoms with E-state index < -0.39 is 18.0 Å². The minimum atomic E-state index is -0.714. The van der Waals surface area contributed by atoms with E-state index in [-0.39, 0.29) is 30.6 Å². The Labute approximate surface area is 186 Å². The van der Waals surface area contributed by atoms with Crippen molar-refractivity contribution in [3.63, 3.8) is 0 Å². The van der Waals surface area contributed by atoms with Crippen LogP contribution in [0.3, 0.4) is 0 Å². The Bertz CT molecular complexity index is 1120. The fraction of sp³-hybridized carbons (Fsp3) is 0.318. The first-order valence-electron chi connectivity index (χ1n) is 9.88. The SMILES string of the molecule is CCOC(=O)c1oc2ccc(Br)cc2c1COC(=O)[C@@H]1CCCN1C(=O)c1ccco1. The number of benzene rings is 1. The molecule has 0 bridgehead atoms. The van der Waals surface area contributed by atoms with Crippen molar-refractivity contribution < 1.29 is 32.7 Å². The monoisotopic (exact) mass is 489 g/mol. The molecule has 0 spiro atoms. The largest absolute Gasteiger partial charge is 0.460 e. The van der Waals surface area contributed by atoms with E-state index in [0.29, 0.717) is 35.9 Å². The molecule has 1 aromatic carbocycles. The molecule has 0 saturated carbocycles. The Kier molecular flexibility index (Phi) is 6.13. The second-order valence-electron chi connectivity index (χ2n) is 7.01. The van der Waals surface area contributed by atoms with Gasteiger partial charge >= 0.3 is 11.9 Å². The average molecular weight is 490 g/mol. The van der Waals surface area contributed by atoms with E-state index in [1.165, 1.54) is 11.2 Å². The third-order valence-electron chi connectivity index (χ3n) is 5.09. The van der Waals surface area contributed by atoms with Gasteiger partial charge < -0.3 is 23.2 Å². The molecule has 162 valence electrons. The molecule has 0 N–H and O–H groups in total. The Morgan fingerprint density at radius 1 is 1.23 bits per heavy atom. The van der Waals surface area contributed by atoms with E-state index in [4.69, 9.17) is 18.3 Å².